The van der Waals surface area contributed by atoms with Crippen LogP contribution in [0.2, 0.25) is 0 Å². The van der Waals surface area contributed by atoms with Gasteiger partial charge in [0.05, 0.1) is 25.2 Å². The molecule has 0 radical (unpaired) electrons. The number of sulfonamides is 1. The van der Waals surface area contributed by atoms with E-state index in [0.29, 0.717) is 32.2 Å². The lowest BCUT2D eigenvalue weighted by atomic mass is 9.82. The Kier molecular flexibility index (Phi) is 7.28. The van der Waals surface area contributed by atoms with Crippen LogP contribution in [-0.4, -0.2) is 60.9 Å². The topological polar surface area (TPSA) is 96.8 Å². The van der Waals surface area contributed by atoms with Crippen molar-refractivity contribution in [2.75, 3.05) is 26.0 Å². The van der Waals surface area contributed by atoms with Crippen molar-refractivity contribution in [2.24, 2.45) is 11.3 Å². The molecular weight excluding hydrogens is 413 g/mol. The molecule has 2 aliphatic rings. The third-order valence-electron chi connectivity index (χ3n) is 5.31. The Hall–Kier alpha value is -1.72. The van der Waals surface area contributed by atoms with Crippen molar-refractivity contribution in [3.05, 3.63) is 29.6 Å². The van der Waals surface area contributed by atoms with E-state index in [1.54, 1.807) is 4.31 Å². The van der Waals surface area contributed by atoms with Gasteiger partial charge in [-0.25, -0.2) is 17.5 Å². The van der Waals surface area contributed by atoms with Gasteiger partial charge in [0.25, 0.3) is 0 Å². The van der Waals surface area contributed by atoms with Crippen LogP contribution in [0.25, 0.3) is 0 Å². The number of alkyl halides is 3. The van der Waals surface area contributed by atoms with E-state index in [-0.39, 0.29) is 5.41 Å². The number of pyridine rings is 1. The van der Waals surface area contributed by atoms with E-state index in [1.165, 1.54) is 12.7 Å². The number of hydrogen-bond acceptors (Lipinski definition) is 5. The Labute approximate surface area is 167 Å². The molecule has 1 aliphatic heterocycles. The molecule has 0 spiro atoms. The second kappa shape index (κ2) is 8.97. The molecule has 1 aromatic rings. The molecule has 29 heavy (non-hydrogen) atoms. The summed E-state index contributed by atoms with van der Waals surface area (Å²) in [6.45, 7) is 4.35. The highest BCUT2D eigenvalue weighted by atomic mass is 32.2. The van der Waals surface area contributed by atoms with Gasteiger partial charge < -0.3 is 9.84 Å². The molecule has 0 amide bonds. The number of aliphatic carboxylic acids is 1. The fourth-order valence-corrected chi connectivity index (χ4v) is 4.83. The first-order chi connectivity index (χ1) is 13.3. The Balaban J connectivity index is 0.000000370. The fraction of sp³-hybridized carbons (Fsp3) is 0.667. The number of carboxylic acids is 1. The number of rotatable bonds is 5. The Morgan fingerprint density at radius 1 is 1.41 bits per heavy atom. The zero-order valence-electron chi connectivity index (χ0n) is 16.3. The van der Waals surface area contributed by atoms with E-state index in [0.717, 1.165) is 24.2 Å². The molecule has 0 bridgehead atoms. The van der Waals surface area contributed by atoms with E-state index >= 15 is 0 Å². The van der Waals surface area contributed by atoms with Gasteiger partial charge in [-0.05, 0) is 37.8 Å². The van der Waals surface area contributed by atoms with Gasteiger partial charge in [0.15, 0.2) is 0 Å². The molecule has 164 valence electrons. The average molecular weight is 438 g/mol. The number of fused-ring (bicyclic) bond motifs is 1. The SMILES string of the molecule is Cc1cccc(COC[C@@]23CCC[C@@H]2CN(S(C)(=O)=O)C3)n1.O=C(O)C(F)(F)F. The van der Waals surface area contributed by atoms with Gasteiger partial charge in [0.2, 0.25) is 10.0 Å². The number of aromatic nitrogens is 1. The fourth-order valence-electron chi connectivity index (χ4n) is 3.89. The number of halogens is 3. The van der Waals surface area contributed by atoms with Gasteiger partial charge in [-0.3, -0.25) is 4.98 Å². The summed E-state index contributed by atoms with van der Waals surface area (Å²) in [4.78, 5) is 13.3. The Morgan fingerprint density at radius 3 is 2.62 bits per heavy atom. The molecule has 1 saturated heterocycles. The molecule has 2 atom stereocenters. The normalized spacial score (nSPS) is 24.7. The molecule has 2 heterocycles. The Morgan fingerprint density at radius 2 is 2.07 bits per heavy atom. The van der Waals surface area contributed by atoms with Crippen molar-refractivity contribution in [3.8, 4) is 0 Å². The first-order valence-electron chi connectivity index (χ1n) is 9.09. The predicted octanol–water partition coefficient (Wildman–Crippen LogP) is 2.60. The number of carbonyl (C=O) groups is 1. The maximum atomic E-state index is 11.8. The smallest absolute Gasteiger partial charge is 0.475 e. The highest BCUT2D eigenvalue weighted by molar-refractivity contribution is 7.88. The molecule has 2 fully saturated rings. The summed E-state index contributed by atoms with van der Waals surface area (Å²) >= 11 is 0. The lowest BCUT2D eigenvalue weighted by Gasteiger charge is -2.28. The summed E-state index contributed by atoms with van der Waals surface area (Å²) in [5, 5.41) is 7.12. The molecule has 1 aliphatic carbocycles. The molecule has 11 heteroatoms. The average Bonchev–Trinajstić information content (AvgIpc) is 3.11. The minimum absolute atomic E-state index is 0.00685. The van der Waals surface area contributed by atoms with Gasteiger partial charge in [-0.2, -0.15) is 13.2 Å². The van der Waals surface area contributed by atoms with Crippen LogP contribution in [0.1, 0.15) is 30.7 Å². The number of aryl methyl sites for hydroxylation is 1. The van der Waals surface area contributed by atoms with Gasteiger partial charge >= 0.3 is 12.1 Å². The highest BCUT2D eigenvalue weighted by Gasteiger charge is 2.51. The van der Waals surface area contributed by atoms with Crippen LogP contribution in [0, 0.1) is 18.3 Å². The summed E-state index contributed by atoms with van der Waals surface area (Å²) in [6.07, 6.45) is -0.434. The van der Waals surface area contributed by atoms with Crippen LogP contribution in [-0.2, 0) is 26.2 Å². The first kappa shape index (κ1) is 23.6. The molecule has 1 aromatic heterocycles. The van der Waals surface area contributed by atoms with Crippen molar-refractivity contribution in [3.63, 3.8) is 0 Å². The lowest BCUT2D eigenvalue weighted by Crippen LogP contribution is -2.34. The first-order valence-corrected chi connectivity index (χ1v) is 10.9. The van der Waals surface area contributed by atoms with Crippen molar-refractivity contribution >= 4 is 16.0 Å². The maximum Gasteiger partial charge on any atom is 0.490 e. The van der Waals surface area contributed by atoms with Crippen molar-refractivity contribution in [1.29, 1.82) is 0 Å². The molecular formula is C18H25F3N2O5S. The standard InChI is InChI=1S/C16H24N2O3S.C2HF3O2/c1-13-5-3-7-15(17-13)10-21-12-16-8-4-6-14(16)9-18(11-16)22(2,19)20;3-2(4,5)1(6)7/h3,5,7,14H,4,6,8-12H2,1-2H3;(H,6,7)/t14-,16+;/m1./s1. The van der Waals surface area contributed by atoms with E-state index in [1.807, 2.05) is 25.1 Å². The van der Waals surface area contributed by atoms with Gasteiger partial charge in [-0.15, -0.1) is 0 Å². The van der Waals surface area contributed by atoms with Gasteiger partial charge in [0.1, 0.15) is 0 Å². The van der Waals surface area contributed by atoms with E-state index in [2.05, 4.69) is 4.98 Å². The molecule has 3 rings (SSSR count). The molecule has 0 aromatic carbocycles. The number of hydrogen-bond donors (Lipinski definition) is 1. The molecule has 0 unspecified atom stereocenters. The van der Waals surface area contributed by atoms with Crippen LogP contribution >= 0.6 is 0 Å². The molecule has 1 saturated carbocycles. The third-order valence-corrected chi connectivity index (χ3v) is 6.52. The summed E-state index contributed by atoms with van der Waals surface area (Å²) in [7, 11) is -3.10. The van der Waals surface area contributed by atoms with Crippen LogP contribution in [0.15, 0.2) is 18.2 Å². The Bertz CT molecular complexity index is 831. The summed E-state index contributed by atoms with van der Waals surface area (Å²) in [6, 6.07) is 5.92. The van der Waals surface area contributed by atoms with Gasteiger partial charge in [-0.1, -0.05) is 12.5 Å². The number of nitrogens with zero attached hydrogens (tertiary/aromatic N) is 2. The van der Waals surface area contributed by atoms with Gasteiger partial charge in [0, 0.05) is 24.2 Å². The number of ether oxygens (including phenoxy) is 1. The van der Waals surface area contributed by atoms with Crippen LogP contribution < -0.4 is 0 Å². The highest BCUT2D eigenvalue weighted by Crippen LogP contribution is 2.49. The minimum atomic E-state index is -5.08. The maximum absolute atomic E-state index is 11.8. The molecule has 7 nitrogen and oxygen atoms in total. The van der Waals surface area contributed by atoms with E-state index < -0.39 is 22.2 Å². The summed E-state index contributed by atoms with van der Waals surface area (Å²) in [5.41, 5.74) is 1.93. The quantitative estimate of drug-likeness (QED) is 0.759. The van der Waals surface area contributed by atoms with E-state index in [4.69, 9.17) is 14.6 Å². The summed E-state index contributed by atoms with van der Waals surface area (Å²) in [5.74, 6) is -2.32. The van der Waals surface area contributed by atoms with Crippen LogP contribution in [0.5, 0.6) is 0 Å². The zero-order valence-corrected chi connectivity index (χ0v) is 17.1. The predicted molar refractivity (Wildman–Crippen MR) is 98.5 cm³/mol. The van der Waals surface area contributed by atoms with Crippen molar-refractivity contribution in [1.82, 2.24) is 9.29 Å². The third kappa shape index (κ3) is 6.38. The molecule has 1 N–H and O–H groups in total. The number of carboxylic acid groups (broad SMARTS) is 1. The second-order valence-electron chi connectivity index (χ2n) is 7.57. The van der Waals surface area contributed by atoms with E-state index in [9.17, 15) is 21.6 Å². The van der Waals surface area contributed by atoms with Crippen molar-refractivity contribution in [2.45, 2.75) is 39.0 Å². The summed E-state index contributed by atoms with van der Waals surface area (Å²) < 4.78 is 62.9. The zero-order chi connectivity index (χ0) is 21.9. The lowest BCUT2D eigenvalue weighted by molar-refractivity contribution is -0.192. The van der Waals surface area contributed by atoms with Crippen LogP contribution in [0.4, 0.5) is 13.2 Å². The van der Waals surface area contributed by atoms with Crippen molar-refractivity contribution < 1.29 is 36.2 Å². The van der Waals surface area contributed by atoms with Crippen LogP contribution in [0.3, 0.4) is 0 Å². The minimum Gasteiger partial charge on any atom is -0.475 e. The largest absolute Gasteiger partial charge is 0.490 e. The monoisotopic (exact) mass is 438 g/mol. The second-order valence-corrected chi connectivity index (χ2v) is 9.56.